The van der Waals surface area contributed by atoms with E-state index in [1.165, 1.54) is 12.1 Å². The largest absolute Gasteiger partial charge is 0.396 e. The van der Waals surface area contributed by atoms with E-state index in [4.69, 9.17) is 5.73 Å². The molecular formula is C15H16BrFN2OS. The number of carbonyl (C=O) groups excluding carboxylic acids is 1. The number of anilines is 1. The molecule has 1 heterocycles. The Morgan fingerprint density at radius 3 is 2.90 bits per heavy atom. The molecule has 1 unspecified atom stereocenters. The molecule has 1 amide bonds. The molecule has 0 radical (unpaired) electrons. The van der Waals surface area contributed by atoms with Crippen LogP contribution in [0.3, 0.4) is 0 Å². The summed E-state index contributed by atoms with van der Waals surface area (Å²) >= 11 is 4.81. The summed E-state index contributed by atoms with van der Waals surface area (Å²) in [4.78, 5) is 13.5. The van der Waals surface area contributed by atoms with Gasteiger partial charge in [-0.2, -0.15) is 0 Å². The second-order valence-corrected chi connectivity index (χ2v) is 6.52. The van der Waals surface area contributed by atoms with Crippen molar-refractivity contribution in [2.24, 2.45) is 0 Å². The lowest BCUT2D eigenvalue weighted by atomic mass is 10.1. The van der Waals surface area contributed by atoms with E-state index in [-0.39, 0.29) is 17.6 Å². The number of carbonyl (C=O) groups is 1. The van der Waals surface area contributed by atoms with Crippen LogP contribution in [0.5, 0.6) is 0 Å². The summed E-state index contributed by atoms with van der Waals surface area (Å²) in [6, 6.07) is 6.48. The zero-order valence-corrected chi connectivity index (χ0v) is 13.9. The maximum Gasteiger partial charge on any atom is 0.253 e. The number of halogens is 2. The lowest BCUT2D eigenvalue weighted by molar-refractivity contribution is 0.0934. The average Bonchev–Trinajstić information content (AvgIpc) is 2.96. The highest BCUT2D eigenvalue weighted by Crippen LogP contribution is 2.26. The van der Waals surface area contributed by atoms with Gasteiger partial charge in [0, 0.05) is 9.35 Å². The Morgan fingerprint density at radius 2 is 2.29 bits per heavy atom. The van der Waals surface area contributed by atoms with Gasteiger partial charge in [0.15, 0.2) is 0 Å². The van der Waals surface area contributed by atoms with E-state index in [0.29, 0.717) is 10.0 Å². The van der Waals surface area contributed by atoms with Crippen molar-refractivity contribution in [3.8, 4) is 0 Å². The molecule has 0 aliphatic rings. The standard InChI is InChI=1S/C15H16BrFN2OS/c1-2-4-13(14-5-3-6-21-14)19-15(20)9-7-12(18)11(17)8-10(9)16/h3,5-8,13H,2,4,18H2,1H3,(H,19,20). The minimum absolute atomic E-state index is 0.0356. The van der Waals surface area contributed by atoms with Crippen molar-refractivity contribution in [3.63, 3.8) is 0 Å². The van der Waals surface area contributed by atoms with Gasteiger partial charge >= 0.3 is 0 Å². The molecule has 2 rings (SSSR count). The fourth-order valence-corrected chi connectivity index (χ4v) is 3.35. The first-order chi connectivity index (χ1) is 10.0. The van der Waals surface area contributed by atoms with Crippen molar-refractivity contribution in [2.45, 2.75) is 25.8 Å². The van der Waals surface area contributed by atoms with E-state index >= 15 is 0 Å². The van der Waals surface area contributed by atoms with Crippen LogP contribution in [0.25, 0.3) is 0 Å². The first kappa shape index (κ1) is 16.0. The van der Waals surface area contributed by atoms with Gasteiger partial charge in [0.25, 0.3) is 5.91 Å². The molecule has 0 saturated carbocycles. The molecule has 3 N–H and O–H groups in total. The molecule has 6 heteroatoms. The van der Waals surface area contributed by atoms with Gasteiger partial charge in [-0.05, 0) is 45.9 Å². The van der Waals surface area contributed by atoms with Gasteiger partial charge in [-0.1, -0.05) is 19.4 Å². The second kappa shape index (κ2) is 7.04. The highest BCUT2D eigenvalue weighted by Gasteiger charge is 2.19. The molecule has 1 atom stereocenters. The Kier molecular flexibility index (Phi) is 5.36. The number of thiophene rings is 1. The summed E-state index contributed by atoms with van der Waals surface area (Å²) in [5.74, 6) is -0.804. The molecule has 1 aromatic heterocycles. The first-order valence-corrected chi connectivity index (χ1v) is 8.29. The number of nitrogen functional groups attached to an aromatic ring is 1. The molecule has 0 aliphatic carbocycles. The van der Waals surface area contributed by atoms with Gasteiger partial charge in [0.2, 0.25) is 0 Å². The third-order valence-corrected chi connectivity index (χ3v) is 4.74. The van der Waals surface area contributed by atoms with Gasteiger partial charge in [-0.3, -0.25) is 4.79 Å². The highest BCUT2D eigenvalue weighted by molar-refractivity contribution is 9.10. The smallest absolute Gasteiger partial charge is 0.253 e. The molecule has 2 aromatic rings. The van der Waals surface area contributed by atoms with E-state index < -0.39 is 5.82 Å². The first-order valence-electron chi connectivity index (χ1n) is 6.61. The van der Waals surface area contributed by atoms with Crippen molar-refractivity contribution in [1.82, 2.24) is 5.32 Å². The van der Waals surface area contributed by atoms with Crippen LogP contribution >= 0.6 is 27.3 Å². The van der Waals surface area contributed by atoms with Crippen molar-refractivity contribution < 1.29 is 9.18 Å². The average molecular weight is 371 g/mol. The van der Waals surface area contributed by atoms with Gasteiger partial charge < -0.3 is 11.1 Å². The monoisotopic (exact) mass is 370 g/mol. The van der Waals surface area contributed by atoms with Gasteiger partial charge in [-0.25, -0.2) is 4.39 Å². The molecular weight excluding hydrogens is 355 g/mol. The maximum absolute atomic E-state index is 13.3. The summed E-state index contributed by atoms with van der Waals surface area (Å²) in [7, 11) is 0. The molecule has 3 nitrogen and oxygen atoms in total. The molecule has 0 saturated heterocycles. The zero-order chi connectivity index (χ0) is 15.4. The number of nitrogens with two attached hydrogens (primary N) is 1. The Bertz CT molecular complexity index is 631. The van der Waals surface area contributed by atoms with Gasteiger partial charge in [0.05, 0.1) is 17.3 Å². The fraction of sp³-hybridized carbons (Fsp3) is 0.267. The van der Waals surface area contributed by atoms with Crippen molar-refractivity contribution in [3.05, 3.63) is 50.4 Å². The number of benzene rings is 1. The third-order valence-electron chi connectivity index (χ3n) is 3.10. The van der Waals surface area contributed by atoms with Crippen LogP contribution in [0.15, 0.2) is 34.1 Å². The lowest BCUT2D eigenvalue weighted by Crippen LogP contribution is -2.28. The lowest BCUT2D eigenvalue weighted by Gasteiger charge is -2.17. The topological polar surface area (TPSA) is 55.1 Å². The SMILES string of the molecule is CCCC(NC(=O)c1cc(N)c(F)cc1Br)c1cccs1. The predicted molar refractivity (Wildman–Crippen MR) is 87.9 cm³/mol. The van der Waals surface area contributed by atoms with Crippen LogP contribution in [-0.4, -0.2) is 5.91 Å². The third kappa shape index (κ3) is 3.83. The normalized spacial score (nSPS) is 12.1. The minimum atomic E-state index is -0.540. The second-order valence-electron chi connectivity index (χ2n) is 4.68. The van der Waals surface area contributed by atoms with Gasteiger partial charge in [0.1, 0.15) is 5.82 Å². The Morgan fingerprint density at radius 1 is 1.52 bits per heavy atom. The fourth-order valence-electron chi connectivity index (χ4n) is 2.04. The number of amides is 1. The Hall–Kier alpha value is -1.40. The van der Waals surface area contributed by atoms with E-state index in [9.17, 15) is 9.18 Å². The molecule has 112 valence electrons. The molecule has 0 aliphatic heterocycles. The van der Waals surface area contributed by atoms with Gasteiger partial charge in [-0.15, -0.1) is 11.3 Å². The van der Waals surface area contributed by atoms with Crippen LogP contribution < -0.4 is 11.1 Å². The molecule has 0 bridgehead atoms. The summed E-state index contributed by atoms with van der Waals surface area (Å²) in [5, 5.41) is 4.97. The summed E-state index contributed by atoms with van der Waals surface area (Å²) in [5.41, 5.74) is 5.84. The Balaban J connectivity index is 2.21. The van der Waals surface area contributed by atoms with E-state index in [2.05, 4.69) is 28.2 Å². The number of rotatable bonds is 5. The predicted octanol–water partition coefficient (Wildman–Crippen LogP) is 4.50. The number of hydrogen-bond donors (Lipinski definition) is 2. The minimum Gasteiger partial charge on any atom is -0.396 e. The summed E-state index contributed by atoms with van der Waals surface area (Å²) < 4.78 is 13.7. The number of hydrogen-bond acceptors (Lipinski definition) is 3. The maximum atomic E-state index is 13.3. The van der Waals surface area contributed by atoms with Crippen molar-refractivity contribution >= 4 is 38.9 Å². The van der Waals surface area contributed by atoms with E-state index in [1.807, 2.05) is 17.5 Å². The van der Waals surface area contributed by atoms with Crippen LogP contribution in [0.1, 0.15) is 41.0 Å². The molecule has 0 fully saturated rings. The van der Waals surface area contributed by atoms with E-state index in [1.54, 1.807) is 11.3 Å². The molecule has 0 spiro atoms. The van der Waals surface area contributed by atoms with E-state index in [0.717, 1.165) is 17.7 Å². The number of nitrogens with one attached hydrogen (secondary N) is 1. The summed E-state index contributed by atoms with van der Waals surface area (Å²) in [6.45, 7) is 2.07. The summed E-state index contributed by atoms with van der Waals surface area (Å²) in [6.07, 6.45) is 1.80. The van der Waals surface area contributed by atoms with Crippen molar-refractivity contribution in [1.29, 1.82) is 0 Å². The molecule has 21 heavy (non-hydrogen) atoms. The van der Waals surface area contributed by atoms with Crippen molar-refractivity contribution in [2.75, 3.05) is 5.73 Å². The van der Waals surface area contributed by atoms with Crippen LogP contribution in [-0.2, 0) is 0 Å². The Labute approximate surface area is 135 Å². The van der Waals surface area contributed by atoms with Crippen LogP contribution in [0, 0.1) is 5.82 Å². The quantitative estimate of drug-likeness (QED) is 0.761. The molecule has 1 aromatic carbocycles. The zero-order valence-electron chi connectivity index (χ0n) is 11.5. The van der Waals surface area contributed by atoms with Crippen LogP contribution in [0.2, 0.25) is 0 Å². The van der Waals surface area contributed by atoms with Crippen LogP contribution in [0.4, 0.5) is 10.1 Å². The highest BCUT2D eigenvalue weighted by atomic mass is 79.9.